The number of halogens is 2. The van der Waals surface area contributed by atoms with Gasteiger partial charge in [-0.3, -0.25) is 9.10 Å². The zero-order valence-corrected chi connectivity index (χ0v) is 23.6. The van der Waals surface area contributed by atoms with Crippen LogP contribution in [-0.4, -0.2) is 55.9 Å². The molecule has 3 aromatic rings. The standard InChI is InChI=1S/C27H30ClFN2O7S/c1-35-23-11-7-18(14-25(23)37-3)6-5-13-30-27(32)17-31(19-8-10-22(29)21(28)15-19)39(33,34)20-9-12-24(36-2)26(16-20)38-4/h7-12,14-16H,5-6,13,17H2,1-4H3,(H,30,32). The van der Waals surface area contributed by atoms with Gasteiger partial charge < -0.3 is 24.3 Å². The smallest absolute Gasteiger partial charge is 0.264 e. The number of carbonyl (C=O) groups is 1. The van der Waals surface area contributed by atoms with Crippen molar-refractivity contribution >= 4 is 33.2 Å². The summed E-state index contributed by atoms with van der Waals surface area (Å²) in [6.07, 6.45) is 1.23. The lowest BCUT2D eigenvalue weighted by molar-refractivity contribution is -0.119. The van der Waals surface area contributed by atoms with Gasteiger partial charge in [0.2, 0.25) is 5.91 Å². The Morgan fingerprint density at radius 2 is 1.49 bits per heavy atom. The van der Waals surface area contributed by atoms with E-state index in [0.29, 0.717) is 36.6 Å². The average molecular weight is 581 g/mol. The number of anilines is 1. The van der Waals surface area contributed by atoms with Crippen LogP contribution in [0.1, 0.15) is 12.0 Å². The van der Waals surface area contributed by atoms with Gasteiger partial charge in [-0.1, -0.05) is 17.7 Å². The molecule has 0 bridgehead atoms. The van der Waals surface area contributed by atoms with E-state index in [9.17, 15) is 17.6 Å². The van der Waals surface area contributed by atoms with Crippen molar-refractivity contribution in [2.24, 2.45) is 0 Å². The number of rotatable bonds is 13. The number of nitrogens with one attached hydrogen (secondary N) is 1. The van der Waals surface area contributed by atoms with Crippen LogP contribution in [0.2, 0.25) is 5.02 Å². The molecular weight excluding hydrogens is 551 g/mol. The summed E-state index contributed by atoms with van der Waals surface area (Å²) in [6, 6.07) is 13.0. The van der Waals surface area contributed by atoms with Gasteiger partial charge in [0.15, 0.2) is 23.0 Å². The number of methoxy groups -OCH3 is 4. The van der Waals surface area contributed by atoms with Gasteiger partial charge in [0, 0.05) is 12.6 Å². The topological polar surface area (TPSA) is 103 Å². The summed E-state index contributed by atoms with van der Waals surface area (Å²) in [5, 5.41) is 2.46. The largest absolute Gasteiger partial charge is 0.493 e. The molecule has 0 radical (unpaired) electrons. The number of carbonyl (C=O) groups excluding carboxylic acids is 1. The highest BCUT2D eigenvalue weighted by molar-refractivity contribution is 7.92. The second kappa shape index (κ2) is 13.4. The van der Waals surface area contributed by atoms with Crippen molar-refractivity contribution in [3.63, 3.8) is 0 Å². The van der Waals surface area contributed by atoms with Gasteiger partial charge in [-0.05, 0) is 60.9 Å². The maximum atomic E-state index is 13.8. The zero-order valence-electron chi connectivity index (χ0n) is 22.0. The van der Waals surface area contributed by atoms with Crippen LogP contribution in [0.3, 0.4) is 0 Å². The number of sulfonamides is 1. The van der Waals surface area contributed by atoms with E-state index in [1.807, 2.05) is 12.1 Å². The first-order valence-electron chi connectivity index (χ1n) is 11.8. The molecule has 9 nitrogen and oxygen atoms in total. The van der Waals surface area contributed by atoms with E-state index in [1.165, 1.54) is 38.5 Å². The van der Waals surface area contributed by atoms with Crippen LogP contribution < -0.4 is 28.6 Å². The first-order chi connectivity index (χ1) is 18.6. The summed E-state index contributed by atoms with van der Waals surface area (Å²) in [5.74, 6) is 0.477. The molecule has 12 heteroatoms. The van der Waals surface area contributed by atoms with Crippen molar-refractivity contribution in [3.8, 4) is 23.0 Å². The zero-order chi connectivity index (χ0) is 28.6. The van der Waals surface area contributed by atoms with E-state index in [2.05, 4.69) is 5.32 Å². The van der Waals surface area contributed by atoms with Crippen molar-refractivity contribution in [3.05, 3.63) is 71.0 Å². The Balaban J connectivity index is 1.77. The Morgan fingerprint density at radius 1 is 0.872 bits per heavy atom. The third-order valence-corrected chi connectivity index (χ3v) is 7.89. The van der Waals surface area contributed by atoms with E-state index in [1.54, 1.807) is 20.3 Å². The van der Waals surface area contributed by atoms with Gasteiger partial charge in [-0.25, -0.2) is 12.8 Å². The fraction of sp³-hybridized carbons (Fsp3) is 0.296. The van der Waals surface area contributed by atoms with Crippen molar-refractivity contribution in [2.45, 2.75) is 17.7 Å². The number of benzene rings is 3. The summed E-state index contributed by atoms with van der Waals surface area (Å²) in [7, 11) is 1.62. The predicted octanol–water partition coefficient (Wildman–Crippen LogP) is 4.46. The summed E-state index contributed by atoms with van der Waals surface area (Å²) in [6.45, 7) is -0.267. The second-order valence-corrected chi connectivity index (χ2v) is 10.5. The average Bonchev–Trinajstić information content (AvgIpc) is 2.94. The minimum Gasteiger partial charge on any atom is -0.493 e. The van der Waals surface area contributed by atoms with Crippen LogP contribution in [0.25, 0.3) is 0 Å². The van der Waals surface area contributed by atoms with Gasteiger partial charge in [0.1, 0.15) is 12.4 Å². The number of nitrogens with zero attached hydrogens (tertiary/aromatic N) is 1. The van der Waals surface area contributed by atoms with Crippen LogP contribution in [0, 0.1) is 5.82 Å². The van der Waals surface area contributed by atoms with Gasteiger partial charge >= 0.3 is 0 Å². The van der Waals surface area contributed by atoms with Crippen molar-refractivity contribution in [1.29, 1.82) is 0 Å². The summed E-state index contributed by atoms with van der Waals surface area (Å²) in [5.41, 5.74) is 1.01. The molecule has 1 N–H and O–H groups in total. The molecule has 0 atom stereocenters. The van der Waals surface area contributed by atoms with E-state index < -0.39 is 28.3 Å². The van der Waals surface area contributed by atoms with Gasteiger partial charge in [-0.2, -0.15) is 0 Å². The Hall–Kier alpha value is -3.70. The monoisotopic (exact) mass is 580 g/mol. The molecule has 210 valence electrons. The van der Waals surface area contributed by atoms with E-state index in [4.69, 9.17) is 30.5 Å². The fourth-order valence-corrected chi connectivity index (χ4v) is 5.41. The molecule has 0 aliphatic heterocycles. The third-order valence-electron chi connectivity index (χ3n) is 5.83. The molecule has 0 aliphatic carbocycles. The minimum absolute atomic E-state index is 0.0247. The van der Waals surface area contributed by atoms with Crippen LogP contribution >= 0.6 is 11.6 Å². The molecule has 0 heterocycles. The molecule has 3 aromatic carbocycles. The molecule has 0 aliphatic rings. The molecule has 3 rings (SSSR count). The van der Waals surface area contributed by atoms with Crippen LogP contribution in [0.5, 0.6) is 23.0 Å². The molecule has 0 unspecified atom stereocenters. The molecule has 0 aromatic heterocycles. The van der Waals surface area contributed by atoms with Crippen molar-refractivity contribution in [2.75, 3.05) is 45.8 Å². The maximum absolute atomic E-state index is 13.8. The highest BCUT2D eigenvalue weighted by atomic mass is 35.5. The van der Waals surface area contributed by atoms with Crippen LogP contribution in [-0.2, 0) is 21.2 Å². The minimum atomic E-state index is -4.29. The highest BCUT2D eigenvalue weighted by Crippen LogP contribution is 2.33. The first kappa shape index (κ1) is 29.9. The Labute approximate surface area is 232 Å². The normalized spacial score (nSPS) is 11.0. The quantitative estimate of drug-likeness (QED) is 0.298. The summed E-state index contributed by atoms with van der Waals surface area (Å²) in [4.78, 5) is 12.7. The molecular formula is C27H30ClFN2O7S. The van der Waals surface area contributed by atoms with Crippen LogP contribution in [0.4, 0.5) is 10.1 Å². The Bertz CT molecular complexity index is 1420. The van der Waals surface area contributed by atoms with E-state index >= 15 is 0 Å². The number of hydrogen-bond donors (Lipinski definition) is 1. The van der Waals surface area contributed by atoms with Crippen LogP contribution in [0.15, 0.2) is 59.5 Å². The Kier molecular flexibility index (Phi) is 10.2. The predicted molar refractivity (Wildman–Crippen MR) is 146 cm³/mol. The van der Waals surface area contributed by atoms with Gasteiger partial charge in [-0.15, -0.1) is 0 Å². The number of aryl methyl sites for hydroxylation is 1. The van der Waals surface area contributed by atoms with E-state index in [0.717, 1.165) is 22.0 Å². The molecule has 1 amide bonds. The summed E-state index contributed by atoms with van der Waals surface area (Å²) >= 11 is 5.93. The number of hydrogen-bond acceptors (Lipinski definition) is 7. The molecule has 0 saturated heterocycles. The van der Waals surface area contributed by atoms with Gasteiger partial charge in [0.05, 0.1) is 44.0 Å². The molecule has 0 spiro atoms. The lowest BCUT2D eigenvalue weighted by atomic mass is 10.1. The maximum Gasteiger partial charge on any atom is 0.264 e. The second-order valence-electron chi connectivity index (χ2n) is 8.27. The molecule has 0 saturated carbocycles. The fourth-order valence-electron chi connectivity index (χ4n) is 3.80. The van der Waals surface area contributed by atoms with E-state index in [-0.39, 0.29) is 21.4 Å². The van der Waals surface area contributed by atoms with Gasteiger partial charge in [0.25, 0.3) is 10.0 Å². The lowest BCUT2D eigenvalue weighted by Gasteiger charge is -2.25. The Morgan fingerprint density at radius 3 is 2.10 bits per heavy atom. The summed E-state index contributed by atoms with van der Waals surface area (Å²) < 4.78 is 63.0. The number of amides is 1. The SMILES string of the molecule is COc1ccc(CCCNC(=O)CN(c2ccc(F)c(Cl)c2)S(=O)(=O)c2ccc(OC)c(OC)c2)cc1OC. The third kappa shape index (κ3) is 7.24. The molecule has 0 fully saturated rings. The number of ether oxygens (including phenoxy) is 4. The lowest BCUT2D eigenvalue weighted by Crippen LogP contribution is -2.41. The molecule has 39 heavy (non-hydrogen) atoms. The van der Waals surface area contributed by atoms with Crippen molar-refractivity contribution in [1.82, 2.24) is 5.32 Å². The first-order valence-corrected chi connectivity index (χ1v) is 13.6. The van der Waals surface area contributed by atoms with Crippen molar-refractivity contribution < 1.29 is 36.6 Å². The highest BCUT2D eigenvalue weighted by Gasteiger charge is 2.29.